The Hall–Kier alpha value is -3.32. The highest BCUT2D eigenvalue weighted by atomic mass is 16.5. The van der Waals surface area contributed by atoms with E-state index in [0.717, 1.165) is 18.5 Å². The molecule has 0 spiro atoms. The number of para-hydroxylation sites is 1. The van der Waals surface area contributed by atoms with Crippen LogP contribution < -0.4 is 9.80 Å². The molecule has 2 amide bonds. The smallest absolute Gasteiger partial charge is 0.336 e. The van der Waals surface area contributed by atoms with Crippen LogP contribution in [0.25, 0.3) is 0 Å². The van der Waals surface area contributed by atoms with Crippen molar-refractivity contribution >= 4 is 23.4 Å². The first-order chi connectivity index (χ1) is 13.8. The first-order valence-corrected chi connectivity index (χ1v) is 9.28. The lowest BCUT2D eigenvalue weighted by atomic mass is 10.1. The van der Waals surface area contributed by atoms with Gasteiger partial charge in [-0.25, -0.2) is 19.7 Å². The Morgan fingerprint density at radius 1 is 0.857 bits per heavy atom. The van der Waals surface area contributed by atoms with Crippen LogP contribution in [0.5, 0.6) is 0 Å². The Balaban J connectivity index is 1.77. The molecule has 7 nitrogen and oxygen atoms in total. The van der Waals surface area contributed by atoms with Gasteiger partial charge in [-0.3, -0.25) is 9.88 Å². The molecule has 1 aliphatic rings. The zero-order valence-electron chi connectivity index (χ0n) is 15.4. The predicted octanol–water partition coefficient (Wildman–Crippen LogP) is 3.82. The highest BCUT2D eigenvalue weighted by Crippen LogP contribution is 2.29. The van der Waals surface area contributed by atoms with Gasteiger partial charge in [0.05, 0.1) is 5.69 Å². The van der Waals surface area contributed by atoms with Gasteiger partial charge in [-0.05, 0) is 43.2 Å². The Kier molecular flexibility index (Phi) is 5.53. The molecule has 4 rings (SSSR count). The van der Waals surface area contributed by atoms with E-state index in [0.29, 0.717) is 24.8 Å². The Bertz CT molecular complexity index is 847. The first-order valence-electron chi connectivity index (χ1n) is 9.28. The molecule has 2 aromatic heterocycles. The lowest BCUT2D eigenvalue weighted by Gasteiger charge is -2.37. The molecule has 0 radical (unpaired) electrons. The van der Waals surface area contributed by atoms with Crippen LogP contribution in [0, 0.1) is 0 Å². The lowest BCUT2D eigenvalue weighted by molar-refractivity contribution is 0.0858. The number of anilines is 3. The van der Waals surface area contributed by atoms with Crippen molar-refractivity contribution < 1.29 is 9.53 Å². The highest BCUT2D eigenvalue weighted by molar-refractivity contribution is 6.07. The molecule has 0 atom stereocenters. The van der Waals surface area contributed by atoms with Crippen molar-refractivity contribution in [2.24, 2.45) is 0 Å². The molecule has 1 fully saturated rings. The number of pyridine rings is 1. The van der Waals surface area contributed by atoms with E-state index in [1.54, 1.807) is 35.8 Å². The van der Waals surface area contributed by atoms with Crippen LogP contribution in [0.1, 0.15) is 12.8 Å². The number of benzene rings is 1. The molecule has 3 heterocycles. The van der Waals surface area contributed by atoms with E-state index >= 15 is 0 Å². The maximum atomic E-state index is 13.9. The fraction of sp³-hybridized carbons (Fsp3) is 0.238. The summed E-state index contributed by atoms with van der Waals surface area (Å²) in [5.41, 5.74) is 1.51. The number of hydrogen-bond donors (Lipinski definition) is 0. The number of ether oxygens (including phenoxy) is 1. The molecular formula is C21H21N5O2. The van der Waals surface area contributed by atoms with Gasteiger partial charge in [-0.2, -0.15) is 0 Å². The maximum absolute atomic E-state index is 13.9. The molecule has 0 saturated carbocycles. The van der Waals surface area contributed by atoms with E-state index in [1.165, 1.54) is 0 Å². The van der Waals surface area contributed by atoms with Crippen molar-refractivity contribution in [1.82, 2.24) is 15.0 Å². The summed E-state index contributed by atoms with van der Waals surface area (Å²) in [7, 11) is 0. The van der Waals surface area contributed by atoms with Gasteiger partial charge in [0.2, 0.25) is 5.95 Å². The topological polar surface area (TPSA) is 71.5 Å². The van der Waals surface area contributed by atoms with Gasteiger partial charge in [0, 0.05) is 49.7 Å². The van der Waals surface area contributed by atoms with E-state index in [9.17, 15) is 4.79 Å². The van der Waals surface area contributed by atoms with Gasteiger partial charge < -0.3 is 4.74 Å². The van der Waals surface area contributed by atoms with Crippen molar-refractivity contribution in [3.05, 3.63) is 73.3 Å². The molecule has 7 heteroatoms. The van der Waals surface area contributed by atoms with Crippen LogP contribution in [-0.4, -0.2) is 40.2 Å². The predicted molar refractivity (Wildman–Crippen MR) is 107 cm³/mol. The quantitative estimate of drug-likeness (QED) is 0.693. The largest absolute Gasteiger partial charge is 0.381 e. The molecule has 1 saturated heterocycles. The maximum Gasteiger partial charge on any atom is 0.336 e. The summed E-state index contributed by atoms with van der Waals surface area (Å²) in [6, 6.07) is 14.7. The van der Waals surface area contributed by atoms with Gasteiger partial charge in [0.25, 0.3) is 0 Å². The van der Waals surface area contributed by atoms with Crippen molar-refractivity contribution in [3.8, 4) is 0 Å². The summed E-state index contributed by atoms with van der Waals surface area (Å²) in [4.78, 5) is 30.0. The molecule has 142 valence electrons. The average Bonchev–Trinajstić information content (AvgIpc) is 2.77. The fourth-order valence-electron chi connectivity index (χ4n) is 3.33. The Morgan fingerprint density at radius 2 is 1.54 bits per heavy atom. The minimum Gasteiger partial charge on any atom is -0.381 e. The van der Waals surface area contributed by atoms with E-state index in [4.69, 9.17) is 4.74 Å². The summed E-state index contributed by atoms with van der Waals surface area (Å²) < 4.78 is 5.51. The molecule has 0 bridgehead atoms. The summed E-state index contributed by atoms with van der Waals surface area (Å²) in [6.07, 6.45) is 8.20. The number of rotatable bonds is 4. The first kappa shape index (κ1) is 18.1. The molecule has 28 heavy (non-hydrogen) atoms. The third-order valence-electron chi connectivity index (χ3n) is 4.66. The van der Waals surface area contributed by atoms with Crippen molar-refractivity contribution in [1.29, 1.82) is 0 Å². The van der Waals surface area contributed by atoms with Gasteiger partial charge in [-0.15, -0.1) is 0 Å². The minimum atomic E-state index is -0.199. The average molecular weight is 375 g/mol. The third-order valence-corrected chi connectivity index (χ3v) is 4.66. The summed E-state index contributed by atoms with van der Waals surface area (Å²) >= 11 is 0. The van der Waals surface area contributed by atoms with Gasteiger partial charge in [0.1, 0.15) is 0 Å². The minimum absolute atomic E-state index is 0.0265. The standard InChI is InChI=1S/C21H21N5O2/c27-21(25(18-7-13-22-14-8-18)19-9-15-28-16-10-19)26(17-5-2-1-3-6-17)20-23-11-4-12-24-20/h1-8,11-14,19H,9-10,15-16H2. The van der Waals surface area contributed by atoms with E-state index in [-0.39, 0.29) is 12.1 Å². The van der Waals surface area contributed by atoms with Crippen LogP contribution in [0.4, 0.5) is 22.1 Å². The molecule has 0 N–H and O–H groups in total. The lowest BCUT2D eigenvalue weighted by Crippen LogP contribution is -2.49. The molecule has 0 aliphatic carbocycles. The SMILES string of the molecule is O=C(N(c1ccccc1)c1ncccn1)N(c1ccncc1)C1CCOCC1. The number of carbonyl (C=O) groups excluding carboxylic acids is 1. The van der Waals surface area contributed by atoms with Crippen molar-refractivity contribution in [3.63, 3.8) is 0 Å². The molecular weight excluding hydrogens is 354 g/mol. The number of amides is 2. The van der Waals surface area contributed by atoms with Crippen molar-refractivity contribution in [2.45, 2.75) is 18.9 Å². The fourth-order valence-corrected chi connectivity index (χ4v) is 3.33. The summed E-state index contributed by atoms with van der Waals surface area (Å²) in [5, 5.41) is 0. The number of aromatic nitrogens is 3. The third kappa shape index (κ3) is 3.84. The van der Waals surface area contributed by atoms with Gasteiger partial charge in [-0.1, -0.05) is 18.2 Å². The normalized spacial score (nSPS) is 14.4. The van der Waals surface area contributed by atoms with Crippen LogP contribution >= 0.6 is 0 Å². The van der Waals surface area contributed by atoms with Crippen LogP contribution in [0.2, 0.25) is 0 Å². The molecule has 3 aromatic rings. The van der Waals surface area contributed by atoms with E-state index in [1.807, 2.05) is 47.4 Å². The summed E-state index contributed by atoms with van der Waals surface area (Å²) in [5.74, 6) is 0.338. The second kappa shape index (κ2) is 8.58. The number of hydrogen-bond acceptors (Lipinski definition) is 5. The zero-order chi connectivity index (χ0) is 19.2. The van der Waals surface area contributed by atoms with Crippen molar-refractivity contribution in [2.75, 3.05) is 23.0 Å². The molecule has 1 aromatic carbocycles. The van der Waals surface area contributed by atoms with Crippen LogP contribution in [0.3, 0.4) is 0 Å². The van der Waals surface area contributed by atoms with E-state index < -0.39 is 0 Å². The summed E-state index contributed by atoms with van der Waals surface area (Å²) in [6.45, 7) is 1.26. The molecule has 0 unspecified atom stereocenters. The van der Waals surface area contributed by atoms with Gasteiger partial charge >= 0.3 is 6.03 Å². The monoisotopic (exact) mass is 375 g/mol. The van der Waals surface area contributed by atoms with Gasteiger partial charge in [0.15, 0.2) is 0 Å². The number of carbonyl (C=O) groups is 1. The number of urea groups is 1. The zero-order valence-corrected chi connectivity index (χ0v) is 15.4. The Labute approximate surface area is 163 Å². The van der Waals surface area contributed by atoms with Crippen LogP contribution in [0.15, 0.2) is 73.3 Å². The van der Waals surface area contributed by atoms with Crippen LogP contribution in [-0.2, 0) is 4.74 Å². The second-order valence-electron chi connectivity index (χ2n) is 6.42. The highest BCUT2D eigenvalue weighted by Gasteiger charge is 2.33. The van der Waals surface area contributed by atoms with E-state index in [2.05, 4.69) is 15.0 Å². The number of nitrogens with zero attached hydrogens (tertiary/aromatic N) is 5. The second-order valence-corrected chi connectivity index (χ2v) is 6.42. The Morgan fingerprint density at radius 3 is 2.21 bits per heavy atom. The molecule has 1 aliphatic heterocycles.